The van der Waals surface area contributed by atoms with Crippen LogP contribution < -0.4 is 10.6 Å². The summed E-state index contributed by atoms with van der Waals surface area (Å²) >= 11 is 0. The molecule has 0 aliphatic heterocycles. The zero-order valence-electron chi connectivity index (χ0n) is 30.8. The fourth-order valence-corrected chi connectivity index (χ4v) is 7.46. The van der Waals surface area contributed by atoms with Gasteiger partial charge >= 0.3 is 8.25 Å². The summed E-state index contributed by atoms with van der Waals surface area (Å²) in [7, 11) is 0.129. The van der Waals surface area contributed by atoms with Gasteiger partial charge in [0.25, 0.3) is 0 Å². The first-order valence-electron chi connectivity index (χ1n) is 18.0. The minimum atomic E-state index is -3.04. The Morgan fingerprint density at radius 2 is 1.44 bits per heavy atom. The van der Waals surface area contributed by atoms with Crippen LogP contribution in [0.25, 0.3) is 43.2 Å². The van der Waals surface area contributed by atoms with Crippen LogP contribution in [0.15, 0.2) is 49.7 Å². The molecule has 5 aromatic heterocycles. The summed E-state index contributed by atoms with van der Waals surface area (Å²) in [6.07, 6.45) is 22.2. The number of aromatic nitrogens is 9. The Kier molecular flexibility index (Phi) is 15.3. The molecule has 55 heavy (non-hydrogen) atoms. The third-order valence-electron chi connectivity index (χ3n) is 10.2. The van der Waals surface area contributed by atoms with Gasteiger partial charge in [-0.3, -0.25) is 9.36 Å². The van der Waals surface area contributed by atoms with Crippen molar-refractivity contribution in [1.82, 2.24) is 44.5 Å². The molecule has 0 saturated heterocycles. The Hall–Kier alpha value is -5.20. The fraction of sp³-hybridized carbons (Fsp3) is 0.500. The molecule has 5 aromatic rings. The number of hydrogen-bond donors (Lipinski definition) is 3. The number of rotatable bonds is 13. The lowest BCUT2D eigenvalue weighted by atomic mass is 9.98. The highest BCUT2D eigenvalue weighted by Gasteiger charge is 2.31. The molecule has 5 heterocycles. The van der Waals surface area contributed by atoms with Crippen molar-refractivity contribution in [1.29, 1.82) is 0 Å². The van der Waals surface area contributed by atoms with Crippen molar-refractivity contribution >= 4 is 25.1 Å². The maximum absolute atomic E-state index is 8.93. The fourth-order valence-electron chi connectivity index (χ4n) is 7.46. The average Bonchev–Trinajstić information content (AvgIpc) is 4.06. The molecule has 2 aliphatic carbocycles. The van der Waals surface area contributed by atoms with Crippen molar-refractivity contribution in [2.75, 3.05) is 33.0 Å². The van der Waals surface area contributed by atoms with Crippen LogP contribution in [0.4, 0.5) is 5.82 Å². The van der Waals surface area contributed by atoms with E-state index in [2.05, 4.69) is 49.5 Å². The van der Waals surface area contributed by atoms with Gasteiger partial charge in [-0.05, 0) is 48.2 Å². The molecule has 0 amide bonds. The van der Waals surface area contributed by atoms with E-state index in [-0.39, 0.29) is 13.5 Å². The SMILES string of the molecule is O=[P+]([O-])OO.[C-]#[N+]C[C@H](C1CCCC1)n1cc(-c2ncnc(N)c2CC(OC)OC)cn1.[C-]#[N+]C[C@H](C1CCCC1)n1cc(-c2ncnc3[nH]ccc23)cn1.[HH]. The zero-order valence-corrected chi connectivity index (χ0v) is 31.7. The van der Waals surface area contributed by atoms with Gasteiger partial charge in [0.05, 0.1) is 23.8 Å². The van der Waals surface area contributed by atoms with E-state index in [1.165, 1.54) is 44.9 Å². The number of nitrogens with zero attached hydrogens (tertiary/aromatic N) is 10. The van der Waals surface area contributed by atoms with Gasteiger partial charge in [0.15, 0.2) is 6.29 Å². The largest absolute Gasteiger partial charge is 0.565 e. The van der Waals surface area contributed by atoms with Gasteiger partial charge in [-0.2, -0.15) is 10.2 Å². The molecule has 7 rings (SSSR count). The first-order valence-corrected chi connectivity index (χ1v) is 19.1. The quantitative estimate of drug-likeness (QED) is 0.0414. The van der Waals surface area contributed by atoms with E-state index in [4.69, 9.17) is 43.1 Å². The van der Waals surface area contributed by atoms with Crippen LogP contribution >= 0.6 is 8.25 Å². The molecule has 4 N–H and O–H groups in total. The van der Waals surface area contributed by atoms with Crippen LogP contribution in [0.1, 0.15) is 70.4 Å². The van der Waals surface area contributed by atoms with Gasteiger partial charge in [-0.1, -0.05) is 25.7 Å². The molecule has 0 aromatic carbocycles. The number of nitrogen functional groups attached to an aromatic ring is 1. The van der Waals surface area contributed by atoms with Crippen molar-refractivity contribution in [3.63, 3.8) is 0 Å². The average molecular weight is 775 g/mol. The van der Waals surface area contributed by atoms with Gasteiger partial charge in [0.2, 0.25) is 13.1 Å². The smallest absolute Gasteiger partial charge is 0.521 e. The lowest BCUT2D eigenvalue weighted by Crippen LogP contribution is -2.20. The van der Waals surface area contributed by atoms with Crippen LogP contribution in [0.5, 0.6) is 0 Å². The number of nitrogens with one attached hydrogen (secondary N) is 1. The Labute approximate surface area is 321 Å². The van der Waals surface area contributed by atoms with Gasteiger partial charge < -0.3 is 34.8 Å². The molecular weight excluding hydrogens is 727 g/mol. The van der Waals surface area contributed by atoms with Crippen molar-refractivity contribution < 1.29 is 30.3 Å². The van der Waals surface area contributed by atoms with Crippen molar-refractivity contribution in [2.24, 2.45) is 11.8 Å². The van der Waals surface area contributed by atoms with Gasteiger partial charge in [-0.15, -0.1) is 0 Å². The highest BCUT2D eigenvalue weighted by molar-refractivity contribution is 7.30. The Bertz CT molecular complexity index is 2060. The third kappa shape index (κ3) is 10.5. The molecule has 0 bridgehead atoms. The van der Waals surface area contributed by atoms with Gasteiger partial charge in [0.1, 0.15) is 36.2 Å². The second-order valence-corrected chi connectivity index (χ2v) is 13.9. The van der Waals surface area contributed by atoms with E-state index in [0.717, 1.165) is 52.0 Å². The van der Waals surface area contributed by atoms with E-state index < -0.39 is 14.5 Å². The lowest BCUT2D eigenvalue weighted by molar-refractivity contribution is -0.244. The van der Waals surface area contributed by atoms with Crippen LogP contribution in [0, 0.1) is 25.0 Å². The van der Waals surface area contributed by atoms with Crippen LogP contribution in [-0.2, 0) is 25.1 Å². The van der Waals surface area contributed by atoms with Crippen LogP contribution in [0.3, 0.4) is 0 Å². The Balaban J connectivity index is 0.000000220. The van der Waals surface area contributed by atoms with E-state index in [1.54, 1.807) is 26.7 Å². The summed E-state index contributed by atoms with van der Waals surface area (Å²) in [5.74, 6) is 1.48. The molecule has 2 saturated carbocycles. The first-order chi connectivity index (χ1) is 26.8. The minimum absolute atomic E-state index is 0. The maximum Gasteiger partial charge on any atom is 0.521 e. The molecule has 3 atom stereocenters. The Morgan fingerprint density at radius 3 is 1.95 bits per heavy atom. The number of fused-ring (bicyclic) bond motifs is 1. The molecular formula is C36H47N12O6P. The minimum Gasteiger partial charge on any atom is -0.565 e. The number of nitrogens with two attached hydrogens (primary N) is 1. The van der Waals surface area contributed by atoms with Crippen molar-refractivity contribution in [3.05, 3.63) is 78.1 Å². The lowest BCUT2D eigenvalue weighted by Gasteiger charge is -2.19. The van der Waals surface area contributed by atoms with E-state index in [1.807, 2.05) is 40.2 Å². The van der Waals surface area contributed by atoms with Crippen molar-refractivity contribution in [2.45, 2.75) is 76.2 Å². The summed E-state index contributed by atoms with van der Waals surface area (Å²) in [4.78, 5) is 36.5. The number of ether oxygens (including phenoxy) is 2. The molecule has 0 spiro atoms. The van der Waals surface area contributed by atoms with Crippen LogP contribution in [0.2, 0.25) is 0 Å². The van der Waals surface area contributed by atoms with Crippen molar-refractivity contribution in [3.8, 4) is 22.5 Å². The monoisotopic (exact) mass is 774 g/mol. The van der Waals surface area contributed by atoms with E-state index >= 15 is 0 Å². The molecule has 0 radical (unpaired) electrons. The molecule has 2 aliphatic rings. The number of aromatic amines is 1. The topological polar surface area (TPSA) is 226 Å². The van der Waals surface area contributed by atoms with Gasteiger partial charge in [-0.25, -0.2) is 38.3 Å². The highest BCUT2D eigenvalue weighted by atomic mass is 31.1. The summed E-state index contributed by atoms with van der Waals surface area (Å²) in [5.41, 5.74) is 11.1. The van der Waals surface area contributed by atoms with E-state index in [9.17, 15) is 0 Å². The molecule has 292 valence electrons. The predicted molar refractivity (Wildman–Crippen MR) is 203 cm³/mol. The first kappa shape index (κ1) is 41.0. The Morgan fingerprint density at radius 1 is 0.927 bits per heavy atom. The standard InChI is InChI=1S/C19H26N6O2.C17H18N6.HO4P.H2/c1-21-10-16(13-6-4-5-7-13)25-11-14(9-24-25)18-15(8-17(26-2)27-3)19(20)23-12-22-18;1-18-9-15(12-4-2-3-5-12)23-10-13(8-22-23)16-14-6-7-19-17(14)21-11-20-16;1-4-5(2)3;/h9,11-13,16-17H,4-8,10H2,2-3H3,(H2,20,22,23);6-8,10-12,15H,2-5,9H2,(H,19,20,21);1H;1H/t16-;15-;;/m11../s1. The normalized spacial score (nSPS) is 15.8. The number of hydrogen-bond acceptors (Lipinski definition) is 13. The molecule has 19 heteroatoms. The summed E-state index contributed by atoms with van der Waals surface area (Å²) < 4.78 is 26.1. The molecule has 1 unspecified atom stereocenters. The summed E-state index contributed by atoms with van der Waals surface area (Å²) in [5, 5.41) is 17.1. The number of H-pyrrole nitrogens is 1. The molecule has 18 nitrogen and oxygen atoms in total. The van der Waals surface area contributed by atoms with Gasteiger partial charge in [0, 0.05) is 67.4 Å². The third-order valence-corrected chi connectivity index (χ3v) is 10.3. The number of methoxy groups -OCH3 is 2. The summed E-state index contributed by atoms with van der Waals surface area (Å²) in [6.45, 7) is 15.5. The second-order valence-electron chi connectivity index (χ2n) is 13.3. The zero-order chi connectivity index (χ0) is 39.2. The van der Waals surface area contributed by atoms with Crippen LogP contribution in [-0.4, -0.2) is 83.3 Å². The number of anilines is 1. The van der Waals surface area contributed by atoms with E-state index in [0.29, 0.717) is 37.2 Å². The maximum atomic E-state index is 8.93. The summed E-state index contributed by atoms with van der Waals surface area (Å²) in [6, 6.07) is 2.26. The predicted octanol–water partition coefficient (Wildman–Crippen LogP) is 5.95. The highest BCUT2D eigenvalue weighted by Crippen LogP contribution is 2.37. The second kappa shape index (κ2) is 20.5. The molecule has 2 fully saturated rings.